The first kappa shape index (κ1) is 8.79. The highest BCUT2D eigenvalue weighted by molar-refractivity contribution is 6.86. The molecule has 0 nitrogen and oxygen atoms in total. The van der Waals surface area contributed by atoms with Crippen molar-refractivity contribution in [3.8, 4) is 0 Å². The highest BCUT2D eigenvalue weighted by atomic mass is 28.3. The molecule has 1 aliphatic rings. The van der Waals surface area contributed by atoms with Gasteiger partial charge in [0.05, 0.1) is 8.07 Å². The minimum absolute atomic E-state index is 0.990. The van der Waals surface area contributed by atoms with Gasteiger partial charge in [-0.25, -0.2) is 0 Å². The summed E-state index contributed by atoms with van der Waals surface area (Å²) in [5.41, 5.74) is 0. The van der Waals surface area contributed by atoms with Crippen LogP contribution in [0.15, 0.2) is 23.4 Å². The molecule has 1 aliphatic carbocycles. The van der Waals surface area contributed by atoms with Gasteiger partial charge in [0.1, 0.15) is 0 Å². The van der Waals surface area contributed by atoms with Gasteiger partial charge in [-0.3, -0.25) is 0 Å². The molecule has 0 heterocycles. The lowest BCUT2D eigenvalue weighted by Gasteiger charge is -2.24. The molecule has 0 fully saturated rings. The Morgan fingerprint density at radius 3 is 2.36 bits per heavy atom. The molecule has 0 saturated heterocycles. The molecule has 0 spiro atoms. The van der Waals surface area contributed by atoms with Crippen molar-refractivity contribution in [1.82, 2.24) is 0 Å². The maximum atomic E-state index is 2.49. The van der Waals surface area contributed by atoms with Crippen LogP contribution < -0.4 is 0 Å². The zero-order chi connectivity index (χ0) is 8.32. The second kappa shape index (κ2) is 3.40. The molecule has 0 saturated carbocycles. The van der Waals surface area contributed by atoms with E-state index in [1.807, 2.05) is 0 Å². The Morgan fingerprint density at radius 1 is 1.36 bits per heavy atom. The molecular formula is C10H18Si. The Balaban J connectivity index is 2.76. The number of hydrogen-bond donors (Lipinski definition) is 0. The molecule has 11 heavy (non-hydrogen) atoms. The molecule has 1 heteroatoms. The highest BCUT2D eigenvalue weighted by Crippen LogP contribution is 2.28. The third-order valence-electron chi connectivity index (χ3n) is 3.03. The largest absolute Gasteiger partial charge is 0.0827 e. The van der Waals surface area contributed by atoms with Gasteiger partial charge in [-0.2, -0.15) is 0 Å². The van der Waals surface area contributed by atoms with Gasteiger partial charge in [-0.05, 0) is 6.42 Å². The average molecular weight is 166 g/mol. The molecule has 0 N–H and O–H groups in total. The van der Waals surface area contributed by atoms with Gasteiger partial charge in [-0.15, -0.1) is 0 Å². The van der Waals surface area contributed by atoms with Crippen molar-refractivity contribution in [2.75, 3.05) is 0 Å². The summed E-state index contributed by atoms with van der Waals surface area (Å²) >= 11 is 0. The van der Waals surface area contributed by atoms with Crippen LogP contribution in [0.25, 0.3) is 0 Å². The van der Waals surface area contributed by atoms with E-state index in [1.165, 1.54) is 18.5 Å². The van der Waals surface area contributed by atoms with Crippen molar-refractivity contribution < 1.29 is 0 Å². The third-order valence-corrected chi connectivity index (χ3v) is 7.91. The van der Waals surface area contributed by atoms with Crippen molar-refractivity contribution in [1.29, 1.82) is 0 Å². The van der Waals surface area contributed by atoms with Crippen LogP contribution in [0.5, 0.6) is 0 Å². The molecular weight excluding hydrogens is 148 g/mol. The first-order valence-electron chi connectivity index (χ1n) is 4.60. The van der Waals surface area contributed by atoms with E-state index >= 15 is 0 Å². The third kappa shape index (κ3) is 1.64. The number of allylic oxidation sites excluding steroid dienone is 4. The van der Waals surface area contributed by atoms with Crippen molar-refractivity contribution >= 4 is 8.07 Å². The molecule has 62 valence electrons. The van der Waals surface area contributed by atoms with Gasteiger partial charge in [0.2, 0.25) is 0 Å². The minimum Gasteiger partial charge on any atom is -0.0815 e. The second-order valence-corrected chi connectivity index (χ2v) is 8.68. The fraction of sp³-hybridized carbons (Fsp3) is 0.600. The Labute approximate surface area is 71.0 Å². The van der Waals surface area contributed by atoms with Gasteiger partial charge in [0.15, 0.2) is 0 Å². The van der Waals surface area contributed by atoms with E-state index in [-0.39, 0.29) is 0 Å². The van der Waals surface area contributed by atoms with E-state index < -0.39 is 8.07 Å². The summed E-state index contributed by atoms with van der Waals surface area (Å²) in [5.74, 6) is 0. The van der Waals surface area contributed by atoms with Crippen LogP contribution in [-0.4, -0.2) is 8.07 Å². The second-order valence-electron chi connectivity index (χ2n) is 3.57. The van der Waals surface area contributed by atoms with Crippen LogP contribution >= 0.6 is 0 Å². The Bertz CT molecular complexity index is 185. The molecule has 0 aliphatic heterocycles. The lowest BCUT2D eigenvalue weighted by atomic mass is 10.5. The summed E-state index contributed by atoms with van der Waals surface area (Å²) in [6.07, 6.45) is 8.22. The molecule has 0 aromatic carbocycles. The molecule has 0 amide bonds. The van der Waals surface area contributed by atoms with E-state index in [9.17, 15) is 0 Å². The molecule has 0 aromatic heterocycles. The minimum atomic E-state index is -0.990. The smallest absolute Gasteiger partial charge is 0.0815 e. The Morgan fingerprint density at radius 2 is 2.00 bits per heavy atom. The summed E-state index contributed by atoms with van der Waals surface area (Å²) < 4.78 is 0. The topological polar surface area (TPSA) is 0 Å². The van der Waals surface area contributed by atoms with Crippen LogP contribution in [-0.2, 0) is 0 Å². The fourth-order valence-corrected chi connectivity index (χ4v) is 4.01. The lowest BCUT2D eigenvalue weighted by molar-refractivity contribution is 1.25. The molecule has 0 bridgehead atoms. The van der Waals surface area contributed by atoms with E-state index in [1.54, 1.807) is 5.20 Å². The lowest BCUT2D eigenvalue weighted by Crippen LogP contribution is -2.29. The van der Waals surface area contributed by atoms with Gasteiger partial charge in [0, 0.05) is 0 Å². The fourth-order valence-electron chi connectivity index (χ4n) is 1.56. The van der Waals surface area contributed by atoms with Crippen molar-refractivity contribution in [2.24, 2.45) is 0 Å². The van der Waals surface area contributed by atoms with E-state index in [4.69, 9.17) is 0 Å². The van der Waals surface area contributed by atoms with Gasteiger partial charge >= 0.3 is 0 Å². The van der Waals surface area contributed by atoms with Crippen LogP contribution in [0, 0.1) is 0 Å². The summed E-state index contributed by atoms with van der Waals surface area (Å²) in [5, 5.41) is 1.68. The monoisotopic (exact) mass is 166 g/mol. The standard InChI is InChI=1S/C10H18Si/c1-4-11(3,5-2)10-8-6-7-9-10/h6,8-9H,4-5,7H2,1-3H3. The predicted molar refractivity (Wildman–Crippen MR) is 54.4 cm³/mol. The van der Waals surface area contributed by atoms with Gasteiger partial charge < -0.3 is 0 Å². The van der Waals surface area contributed by atoms with Crippen LogP contribution in [0.1, 0.15) is 20.3 Å². The average Bonchev–Trinajstić information content (AvgIpc) is 2.55. The summed E-state index contributed by atoms with van der Waals surface area (Å²) in [4.78, 5) is 0. The number of hydrogen-bond acceptors (Lipinski definition) is 0. The molecule has 1 rings (SSSR count). The predicted octanol–water partition coefficient (Wildman–Crippen LogP) is 3.53. The summed E-state index contributed by atoms with van der Waals surface area (Å²) in [7, 11) is -0.990. The maximum absolute atomic E-state index is 2.49. The van der Waals surface area contributed by atoms with Crippen molar-refractivity contribution in [2.45, 2.75) is 38.9 Å². The summed E-state index contributed by atoms with van der Waals surface area (Å²) in [6.45, 7) is 7.17. The van der Waals surface area contributed by atoms with Crippen LogP contribution in [0.3, 0.4) is 0 Å². The first-order chi connectivity index (χ1) is 5.23. The first-order valence-corrected chi connectivity index (χ1v) is 7.51. The molecule has 0 aromatic rings. The zero-order valence-corrected chi connectivity index (χ0v) is 8.85. The molecule has 0 unspecified atom stereocenters. The normalized spacial score (nSPS) is 17.2. The van der Waals surface area contributed by atoms with E-state index in [0.717, 1.165) is 0 Å². The van der Waals surface area contributed by atoms with Gasteiger partial charge in [-0.1, -0.05) is 55.9 Å². The molecule has 0 atom stereocenters. The molecule has 0 radical (unpaired) electrons. The van der Waals surface area contributed by atoms with E-state index in [2.05, 4.69) is 38.6 Å². The Hall–Kier alpha value is -0.303. The SMILES string of the molecule is CC[Si](C)(CC)C1=CCC=C1. The van der Waals surface area contributed by atoms with Crippen LogP contribution in [0.4, 0.5) is 0 Å². The summed E-state index contributed by atoms with van der Waals surface area (Å²) in [6, 6.07) is 2.78. The zero-order valence-electron chi connectivity index (χ0n) is 7.85. The quantitative estimate of drug-likeness (QED) is 0.563. The number of rotatable bonds is 3. The van der Waals surface area contributed by atoms with E-state index in [0.29, 0.717) is 0 Å². The van der Waals surface area contributed by atoms with Gasteiger partial charge in [0.25, 0.3) is 0 Å². The van der Waals surface area contributed by atoms with Crippen molar-refractivity contribution in [3.63, 3.8) is 0 Å². The Kier molecular flexibility index (Phi) is 2.71. The van der Waals surface area contributed by atoms with Crippen molar-refractivity contribution in [3.05, 3.63) is 23.4 Å². The van der Waals surface area contributed by atoms with Crippen LogP contribution in [0.2, 0.25) is 18.6 Å². The highest BCUT2D eigenvalue weighted by Gasteiger charge is 2.26. The maximum Gasteiger partial charge on any atom is 0.0827 e.